The first-order valence-corrected chi connectivity index (χ1v) is 6.38. The van der Waals surface area contributed by atoms with Crippen molar-refractivity contribution < 1.29 is 4.79 Å². The van der Waals surface area contributed by atoms with Gasteiger partial charge in [-0.1, -0.05) is 12.2 Å². The van der Waals surface area contributed by atoms with Gasteiger partial charge in [0.05, 0.1) is 10.5 Å². The fourth-order valence-corrected chi connectivity index (χ4v) is 2.02. The van der Waals surface area contributed by atoms with E-state index in [0.29, 0.717) is 11.5 Å². The molecule has 0 aromatic carbocycles. The molecule has 0 aliphatic carbocycles. The molecule has 0 aromatic heterocycles. The summed E-state index contributed by atoms with van der Waals surface area (Å²) < 4.78 is 0. The lowest BCUT2D eigenvalue weighted by molar-refractivity contribution is 0.0984. The van der Waals surface area contributed by atoms with Crippen molar-refractivity contribution in [3.8, 4) is 0 Å². The number of hydrogen-bond acceptors (Lipinski definition) is 3. The highest BCUT2D eigenvalue weighted by molar-refractivity contribution is 7.80. The van der Waals surface area contributed by atoms with Gasteiger partial charge in [0.1, 0.15) is 0 Å². The molecule has 0 bridgehead atoms. The summed E-state index contributed by atoms with van der Waals surface area (Å²) >= 11 is 5.08. The van der Waals surface area contributed by atoms with Gasteiger partial charge in [0.25, 0.3) is 0 Å². The number of carbonyl (C=O) groups excluding carboxylic acids is 1. The number of amides is 2. The molecule has 2 amide bonds. The zero-order chi connectivity index (χ0) is 13.1. The fourth-order valence-electron chi connectivity index (χ4n) is 1.89. The second-order valence-electron chi connectivity index (χ2n) is 4.73. The summed E-state index contributed by atoms with van der Waals surface area (Å²) in [5.74, 6) is 0. The highest BCUT2D eigenvalue weighted by atomic mass is 32.1. The normalized spacial score (nSPS) is 17.9. The highest BCUT2D eigenvalue weighted by Crippen LogP contribution is 2.17. The van der Waals surface area contributed by atoms with Crippen LogP contribution in [-0.2, 0) is 0 Å². The van der Waals surface area contributed by atoms with Crippen LogP contribution in [-0.4, -0.2) is 59.1 Å². The third-order valence-corrected chi connectivity index (χ3v) is 3.79. The predicted molar refractivity (Wildman–Crippen MR) is 73.1 cm³/mol. The smallest absolute Gasteiger partial charge is 0.317 e. The Balaban J connectivity index is 2.51. The summed E-state index contributed by atoms with van der Waals surface area (Å²) in [6.45, 7) is 9.69. The average molecular weight is 258 g/mol. The van der Waals surface area contributed by atoms with E-state index in [2.05, 4.69) is 10.2 Å². The zero-order valence-corrected chi connectivity index (χ0v) is 11.6. The van der Waals surface area contributed by atoms with Crippen molar-refractivity contribution in [1.29, 1.82) is 0 Å². The molecule has 1 saturated heterocycles. The van der Waals surface area contributed by atoms with Crippen molar-refractivity contribution in [3.63, 3.8) is 0 Å². The van der Waals surface area contributed by atoms with Crippen molar-refractivity contribution in [2.24, 2.45) is 5.73 Å². The van der Waals surface area contributed by atoms with E-state index in [1.165, 1.54) is 0 Å². The van der Waals surface area contributed by atoms with E-state index >= 15 is 0 Å². The lowest BCUT2D eigenvalue weighted by atomic mass is 10.0. The molecule has 0 radical (unpaired) electrons. The van der Waals surface area contributed by atoms with Gasteiger partial charge in [-0.2, -0.15) is 0 Å². The number of nitrogens with one attached hydrogen (secondary N) is 1. The maximum absolute atomic E-state index is 11.6. The average Bonchev–Trinajstić information content (AvgIpc) is 2.29. The van der Waals surface area contributed by atoms with Gasteiger partial charge in [0.15, 0.2) is 0 Å². The van der Waals surface area contributed by atoms with E-state index in [4.69, 9.17) is 18.0 Å². The van der Waals surface area contributed by atoms with Crippen molar-refractivity contribution >= 4 is 23.2 Å². The standard InChI is InChI=1S/C11H22N4OS/c1-4-13-10(16)14-5-7-15(8-6-14)11(2,3)9(12)17/h4-8H2,1-3H3,(H2,12,17)(H,13,16). The lowest BCUT2D eigenvalue weighted by Crippen LogP contribution is -2.60. The van der Waals surface area contributed by atoms with Crippen molar-refractivity contribution in [3.05, 3.63) is 0 Å². The summed E-state index contributed by atoms with van der Waals surface area (Å²) in [5, 5.41) is 2.81. The van der Waals surface area contributed by atoms with E-state index < -0.39 is 0 Å². The number of carbonyl (C=O) groups is 1. The summed E-state index contributed by atoms with van der Waals surface area (Å²) in [6, 6.07) is 0.0141. The van der Waals surface area contributed by atoms with Gasteiger partial charge in [-0.25, -0.2) is 4.79 Å². The van der Waals surface area contributed by atoms with Crippen molar-refractivity contribution in [1.82, 2.24) is 15.1 Å². The molecule has 98 valence electrons. The number of hydrogen-bond donors (Lipinski definition) is 2. The predicted octanol–water partition coefficient (Wildman–Crippen LogP) is 0.398. The number of urea groups is 1. The zero-order valence-electron chi connectivity index (χ0n) is 10.8. The monoisotopic (exact) mass is 258 g/mol. The third-order valence-electron chi connectivity index (χ3n) is 3.29. The third kappa shape index (κ3) is 3.29. The highest BCUT2D eigenvalue weighted by Gasteiger charge is 2.33. The van der Waals surface area contributed by atoms with Crippen LogP contribution in [0, 0.1) is 0 Å². The second-order valence-corrected chi connectivity index (χ2v) is 5.17. The molecule has 0 unspecified atom stereocenters. The second kappa shape index (κ2) is 5.64. The minimum atomic E-state index is -0.275. The molecule has 0 spiro atoms. The topological polar surface area (TPSA) is 61.6 Å². The van der Waals surface area contributed by atoms with Gasteiger partial charge in [-0.05, 0) is 20.8 Å². The first kappa shape index (κ1) is 14.2. The van der Waals surface area contributed by atoms with Gasteiger partial charge in [-0.3, -0.25) is 4.90 Å². The molecule has 17 heavy (non-hydrogen) atoms. The molecule has 1 aliphatic heterocycles. The molecule has 1 heterocycles. The summed E-state index contributed by atoms with van der Waals surface area (Å²) in [6.07, 6.45) is 0. The van der Waals surface area contributed by atoms with Crippen LogP contribution in [0.15, 0.2) is 0 Å². The van der Waals surface area contributed by atoms with E-state index in [0.717, 1.165) is 26.2 Å². The quantitative estimate of drug-likeness (QED) is 0.719. The minimum Gasteiger partial charge on any atom is -0.392 e. The molecular weight excluding hydrogens is 236 g/mol. The van der Waals surface area contributed by atoms with E-state index in [9.17, 15) is 4.79 Å². The van der Waals surface area contributed by atoms with E-state index in [1.54, 1.807) is 0 Å². The van der Waals surface area contributed by atoms with Crippen LogP contribution in [0.2, 0.25) is 0 Å². The summed E-state index contributed by atoms with van der Waals surface area (Å²) in [7, 11) is 0. The van der Waals surface area contributed by atoms with Crippen LogP contribution in [0.5, 0.6) is 0 Å². The van der Waals surface area contributed by atoms with Crippen LogP contribution >= 0.6 is 12.2 Å². The molecule has 1 aliphatic rings. The van der Waals surface area contributed by atoms with Gasteiger partial charge >= 0.3 is 6.03 Å². The Bertz CT molecular complexity index is 298. The van der Waals surface area contributed by atoms with Crippen LogP contribution < -0.4 is 11.1 Å². The van der Waals surface area contributed by atoms with Crippen LogP contribution in [0.25, 0.3) is 0 Å². The minimum absolute atomic E-state index is 0.0141. The number of thiocarbonyl (C=S) groups is 1. The maximum atomic E-state index is 11.6. The number of nitrogens with two attached hydrogens (primary N) is 1. The molecular formula is C11H22N4OS. The van der Waals surface area contributed by atoms with Crippen LogP contribution in [0.4, 0.5) is 4.79 Å². The van der Waals surface area contributed by atoms with Gasteiger partial charge in [-0.15, -0.1) is 0 Å². The molecule has 5 nitrogen and oxygen atoms in total. The Hall–Kier alpha value is -0.880. The number of nitrogens with zero attached hydrogens (tertiary/aromatic N) is 2. The molecule has 0 saturated carbocycles. The molecule has 1 rings (SSSR count). The van der Waals surface area contributed by atoms with Gasteiger partial charge in [0.2, 0.25) is 0 Å². The van der Waals surface area contributed by atoms with Crippen LogP contribution in [0.3, 0.4) is 0 Å². The molecule has 3 N–H and O–H groups in total. The number of piperazine rings is 1. The van der Waals surface area contributed by atoms with Crippen molar-refractivity contribution in [2.45, 2.75) is 26.3 Å². The molecule has 0 aromatic rings. The van der Waals surface area contributed by atoms with Crippen molar-refractivity contribution in [2.75, 3.05) is 32.7 Å². The molecule has 6 heteroatoms. The molecule has 0 atom stereocenters. The first-order valence-electron chi connectivity index (χ1n) is 5.97. The fraction of sp³-hybridized carbons (Fsp3) is 0.818. The Labute approximate surface area is 108 Å². The largest absolute Gasteiger partial charge is 0.392 e. The van der Waals surface area contributed by atoms with E-state index in [-0.39, 0.29) is 11.6 Å². The Morgan fingerprint density at radius 2 is 1.88 bits per heavy atom. The van der Waals surface area contributed by atoms with E-state index in [1.807, 2.05) is 25.7 Å². The van der Waals surface area contributed by atoms with Gasteiger partial charge in [0, 0.05) is 32.7 Å². The van der Waals surface area contributed by atoms with Gasteiger partial charge < -0.3 is 16.0 Å². The van der Waals surface area contributed by atoms with Crippen LogP contribution in [0.1, 0.15) is 20.8 Å². The SMILES string of the molecule is CCNC(=O)N1CCN(C(C)(C)C(N)=S)CC1. The Morgan fingerprint density at radius 3 is 2.29 bits per heavy atom. The first-order chi connectivity index (χ1) is 7.89. The molecule has 1 fully saturated rings. The number of rotatable bonds is 3. The Kier molecular flexibility index (Phi) is 4.70. The Morgan fingerprint density at radius 1 is 1.35 bits per heavy atom. The summed E-state index contributed by atoms with van der Waals surface area (Å²) in [4.78, 5) is 16.2. The maximum Gasteiger partial charge on any atom is 0.317 e. The lowest BCUT2D eigenvalue weighted by Gasteiger charge is -2.43. The summed E-state index contributed by atoms with van der Waals surface area (Å²) in [5.41, 5.74) is 5.46.